The lowest BCUT2D eigenvalue weighted by Crippen LogP contribution is -2.38. The van der Waals surface area contributed by atoms with Crippen LogP contribution >= 0.6 is 0 Å². The monoisotopic (exact) mass is 477 g/mol. The van der Waals surface area contributed by atoms with Crippen molar-refractivity contribution < 1.29 is 18.7 Å². The van der Waals surface area contributed by atoms with Crippen molar-refractivity contribution in [1.82, 2.24) is 25.3 Å². The second-order valence-electron chi connectivity index (χ2n) is 8.83. The summed E-state index contributed by atoms with van der Waals surface area (Å²) >= 11 is 0. The van der Waals surface area contributed by atoms with Crippen LogP contribution in [0.25, 0.3) is 0 Å². The van der Waals surface area contributed by atoms with Gasteiger partial charge in [-0.1, -0.05) is 0 Å². The van der Waals surface area contributed by atoms with Crippen LogP contribution in [0.5, 0.6) is 6.01 Å². The number of ether oxygens (including phenoxy) is 1. The predicted molar refractivity (Wildman–Crippen MR) is 126 cm³/mol. The fourth-order valence-electron chi connectivity index (χ4n) is 4.04. The quantitative estimate of drug-likeness (QED) is 0.502. The predicted octanol–water partition coefficient (Wildman–Crippen LogP) is 2.69. The highest BCUT2D eigenvalue weighted by Crippen LogP contribution is 2.32. The molecule has 5 rings (SSSR count). The molecule has 11 heteroatoms. The number of anilines is 2. The van der Waals surface area contributed by atoms with Gasteiger partial charge in [0.15, 0.2) is 5.69 Å². The number of hydrogen-bond donors (Lipinski definition) is 2. The minimum atomic E-state index is -0.463. The largest absolute Gasteiger partial charge is 0.460 e. The molecular weight excluding hydrogens is 450 g/mol. The molecule has 0 radical (unpaired) electrons. The summed E-state index contributed by atoms with van der Waals surface area (Å²) in [4.78, 5) is 44.1. The lowest BCUT2D eigenvalue weighted by atomic mass is 10.1. The van der Waals surface area contributed by atoms with Crippen LogP contribution in [0.2, 0.25) is 0 Å². The van der Waals surface area contributed by atoms with E-state index >= 15 is 0 Å². The zero-order valence-corrected chi connectivity index (χ0v) is 19.4. The maximum absolute atomic E-state index is 12.8. The van der Waals surface area contributed by atoms with Crippen molar-refractivity contribution in [3.8, 4) is 6.01 Å². The van der Waals surface area contributed by atoms with Gasteiger partial charge in [-0.25, -0.2) is 9.97 Å². The van der Waals surface area contributed by atoms with E-state index in [2.05, 4.69) is 30.6 Å². The molecule has 4 heterocycles. The van der Waals surface area contributed by atoms with Gasteiger partial charge in [-0.3, -0.25) is 14.6 Å². The number of carbonyl (C=O) groups is 2. The first-order valence-corrected chi connectivity index (χ1v) is 11.8. The standard InChI is InChI=1S/C24H27N7O4/c1-15(16-3-4-16)28-21(32)18-13-25-10-5-19(18)29-22(33)20-14-34-24(30-20)31-11-6-17(7-12-31)35-23-26-8-2-9-27-23/h2,5,8-10,13-17H,3-4,6-7,11-12H2,1H3,(H,28,32)(H,25,29,33). The fraction of sp³-hybridized carbons (Fsp3) is 0.417. The van der Waals surface area contributed by atoms with Crippen molar-refractivity contribution in [2.24, 2.45) is 5.92 Å². The lowest BCUT2D eigenvalue weighted by molar-refractivity contribution is 0.0936. The molecule has 1 saturated carbocycles. The summed E-state index contributed by atoms with van der Waals surface area (Å²) in [5.74, 6) is -0.208. The highest BCUT2D eigenvalue weighted by molar-refractivity contribution is 6.08. The Hall–Kier alpha value is -4.02. The molecule has 182 valence electrons. The molecule has 1 atom stereocenters. The number of hydrogen-bond acceptors (Lipinski definition) is 9. The smallest absolute Gasteiger partial charge is 0.316 e. The van der Waals surface area contributed by atoms with Crippen molar-refractivity contribution in [2.45, 2.75) is 44.8 Å². The lowest BCUT2D eigenvalue weighted by Gasteiger charge is -2.30. The van der Waals surface area contributed by atoms with Crippen LogP contribution in [-0.2, 0) is 0 Å². The Balaban J connectivity index is 1.18. The molecule has 1 aliphatic heterocycles. The van der Waals surface area contributed by atoms with Gasteiger partial charge >= 0.3 is 6.01 Å². The average Bonchev–Trinajstić information content (AvgIpc) is 3.62. The van der Waals surface area contributed by atoms with Gasteiger partial charge in [0.05, 0.1) is 11.3 Å². The van der Waals surface area contributed by atoms with Gasteiger partial charge in [-0.05, 0) is 37.8 Å². The van der Waals surface area contributed by atoms with Gasteiger partial charge in [-0.2, -0.15) is 4.98 Å². The number of nitrogens with zero attached hydrogens (tertiary/aromatic N) is 5. The number of nitrogens with one attached hydrogen (secondary N) is 2. The van der Waals surface area contributed by atoms with Crippen LogP contribution in [0.15, 0.2) is 47.6 Å². The summed E-state index contributed by atoms with van der Waals surface area (Å²) in [5.41, 5.74) is 0.809. The zero-order valence-electron chi connectivity index (χ0n) is 19.4. The average molecular weight is 478 g/mol. The third-order valence-corrected chi connectivity index (χ3v) is 6.25. The molecule has 2 N–H and O–H groups in total. The molecule has 2 fully saturated rings. The third-order valence-electron chi connectivity index (χ3n) is 6.25. The number of pyridine rings is 1. The summed E-state index contributed by atoms with van der Waals surface area (Å²) in [7, 11) is 0. The maximum atomic E-state index is 12.8. The minimum Gasteiger partial charge on any atom is -0.460 e. The summed E-state index contributed by atoms with van der Waals surface area (Å²) < 4.78 is 11.4. The van der Waals surface area contributed by atoms with Crippen molar-refractivity contribution in [3.63, 3.8) is 0 Å². The first-order chi connectivity index (χ1) is 17.1. The number of amides is 2. The fourth-order valence-corrected chi connectivity index (χ4v) is 4.04. The van der Waals surface area contributed by atoms with E-state index in [4.69, 9.17) is 9.15 Å². The summed E-state index contributed by atoms with van der Waals surface area (Å²) in [6, 6.07) is 4.16. The summed E-state index contributed by atoms with van der Waals surface area (Å²) in [5, 5.41) is 5.75. The Morgan fingerprint density at radius 1 is 1.11 bits per heavy atom. The molecule has 2 aliphatic rings. The summed E-state index contributed by atoms with van der Waals surface area (Å²) in [6.45, 7) is 3.31. The van der Waals surface area contributed by atoms with Gasteiger partial charge < -0.3 is 24.7 Å². The van der Waals surface area contributed by atoms with Crippen molar-refractivity contribution >= 4 is 23.5 Å². The molecule has 11 nitrogen and oxygen atoms in total. The third kappa shape index (κ3) is 5.56. The zero-order chi connectivity index (χ0) is 24.2. The molecule has 35 heavy (non-hydrogen) atoms. The molecule has 1 aliphatic carbocycles. The highest BCUT2D eigenvalue weighted by atomic mass is 16.5. The van der Waals surface area contributed by atoms with Gasteiger partial charge in [0.1, 0.15) is 12.4 Å². The molecular formula is C24H27N7O4. The number of rotatable bonds is 8. The van der Waals surface area contributed by atoms with Crippen LogP contribution in [0.4, 0.5) is 11.7 Å². The van der Waals surface area contributed by atoms with E-state index in [1.807, 2.05) is 11.8 Å². The van der Waals surface area contributed by atoms with E-state index in [9.17, 15) is 9.59 Å². The van der Waals surface area contributed by atoms with Crippen LogP contribution in [0.3, 0.4) is 0 Å². The Morgan fingerprint density at radius 2 is 1.89 bits per heavy atom. The highest BCUT2D eigenvalue weighted by Gasteiger charge is 2.30. The van der Waals surface area contributed by atoms with Crippen LogP contribution in [0.1, 0.15) is 53.5 Å². The number of aromatic nitrogens is 4. The molecule has 2 amide bonds. The molecule has 0 spiro atoms. The second-order valence-corrected chi connectivity index (χ2v) is 8.83. The van der Waals surface area contributed by atoms with Gasteiger partial charge in [-0.15, -0.1) is 0 Å². The maximum Gasteiger partial charge on any atom is 0.316 e. The van der Waals surface area contributed by atoms with E-state index in [1.165, 1.54) is 18.7 Å². The van der Waals surface area contributed by atoms with Crippen molar-refractivity contribution in [1.29, 1.82) is 0 Å². The van der Waals surface area contributed by atoms with Crippen LogP contribution in [-0.4, -0.2) is 57.0 Å². The molecule has 1 unspecified atom stereocenters. The first-order valence-electron chi connectivity index (χ1n) is 11.8. The minimum absolute atomic E-state index is 0.00488. The number of carbonyl (C=O) groups excluding carboxylic acids is 2. The Kier molecular flexibility index (Phi) is 6.55. The van der Waals surface area contributed by atoms with E-state index in [0.29, 0.717) is 42.3 Å². The summed E-state index contributed by atoms with van der Waals surface area (Å²) in [6.07, 6.45) is 11.3. The molecule has 3 aromatic heterocycles. The Morgan fingerprint density at radius 3 is 2.63 bits per heavy atom. The normalized spacial score (nSPS) is 17.0. The van der Waals surface area contributed by atoms with E-state index in [-0.39, 0.29) is 23.7 Å². The molecule has 3 aromatic rings. The Labute approximate surface area is 202 Å². The topological polar surface area (TPSA) is 135 Å². The van der Waals surface area contributed by atoms with Crippen molar-refractivity contribution in [3.05, 3.63) is 54.4 Å². The SMILES string of the molecule is CC(NC(=O)c1cnccc1NC(=O)c1coc(N2CCC(Oc3ncccn3)CC2)n1)C1CC1. The number of piperidine rings is 1. The number of oxazole rings is 1. The van der Waals surface area contributed by atoms with Gasteiger partial charge in [0.2, 0.25) is 0 Å². The van der Waals surface area contributed by atoms with Crippen LogP contribution in [0, 0.1) is 5.92 Å². The molecule has 0 bridgehead atoms. The molecule has 0 aromatic carbocycles. The van der Waals surface area contributed by atoms with Gasteiger partial charge in [0, 0.05) is 56.8 Å². The van der Waals surface area contributed by atoms with Crippen LogP contribution < -0.4 is 20.3 Å². The second kappa shape index (κ2) is 10.1. The van der Waals surface area contributed by atoms with E-state index in [1.54, 1.807) is 24.5 Å². The molecule has 1 saturated heterocycles. The van der Waals surface area contributed by atoms with Crippen molar-refractivity contribution in [2.75, 3.05) is 23.3 Å². The van der Waals surface area contributed by atoms with E-state index in [0.717, 1.165) is 25.7 Å². The van der Waals surface area contributed by atoms with Gasteiger partial charge in [0.25, 0.3) is 17.8 Å². The van der Waals surface area contributed by atoms with E-state index < -0.39 is 5.91 Å². The first kappa shape index (κ1) is 22.8. The Bertz CT molecular complexity index is 1170.